The Morgan fingerprint density at radius 2 is 1.88 bits per heavy atom. The molecule has 5 nitrogen and oxygen atoms in total. The molecule has 0 saturated carbocycles. The van der Waals surface area contributed by atoms with Gasteiger partial charge in [-0.25, -0.2) is 4.98 Å². The van der Waals surface area contributed by atoms with E-state index >= 15 is 0 Å². The predicted molar refractivity (Wildman–Crippen MR) is 93.4 cm³/mol. The maximum absolute atomic E-state index is 11.5. The molecule has 0 spiro atoms. The monoisotopic (exact) mass is 320 g/mol. The number of hydrogen-bond donors (Lipinski definition) is 1. The number of amides is 1. The first-order valence-corrected chi connectivity index (χ1v) is 7.42. The fourth-order valence-corrected chi connectivity index (χ4v) is 2.53. The predicted octanol–water partition coefficient (Wildman–Crippen LogP) is 3.68. The fraction of sp³-hybridized carbons (Fsp3) is 0.105. The van der Waals surface area contributed by atoms with E-state index in [2.05, 4.69) is 10.3 Å². The molecule has 3 rings (SSSR count). The number of fused-ring (bicyclic) bond motifs is 1. The second kappa shape index (κ2) is 6.50. The molecule has 1 amide bonds. The van der Waals surface area contributed by atoms with Crippen LogP contribution in [-0.4, -0.2) is 24.3 Å². The SMILES string of the molecule is COc1ccc2nc(-c3ccc(NC(C)=O)cc3)cc(C=O)c2c1. The number of carbonyl (C=O) groups excluding carboxylic acids is 2. The smallest absolute Gasteiger partial charge is 0.221 e. The first-order chi connectivity index (χ1) is 11.6. The highest BCUT2D eigenvalue weighted by molar-refractivity contribution is 5.98. The molecule has 0 unspecified atom stereocenters. The summed E-state index contributed by atoms with van der Waals surface area (Å²) in [5, 5.41) is 3.47. The van der Waals surface area contributed by atoms with Crippen molar-refractivity contribution >= 4 is 28.8 Å². The summed E-state index contributed by atoms with van der Waals surface area (Å²) in [7, 11) is 1.58. The lowest BCUT2D eigenvalue weighted by atomic mass is 10.0. The summed E-state index contributed by atoms with van der Waals surface area (Å²) in [6.07, 6.45) is 0.818. The summed E-state index contributed by atoms with van der Waals surface area (Å²) >= 11 is 0. The van der Waals surface area contributed by atoms with Crippen molar-refractivity contribution in [1.29, 1.82) is 0 Å². The summed E-state index contributed by atoms with van der Waals surface area (Å²) in [4.78, 5) is 27.2. The van der Waals surface area contributed by atoms with Crippen LogP contribution in [0, 0.1) is 0 Å². The topological polar surface area (TPSA) is 68.3 Å². The Morgan fingerprint density at radius 1 is 1.12 bits per heavy atom. The van der Waals surface area contributed by atoms with Crippen molar-refractivity contribution in [2.45, 2.75) is 6.92 Å². The van der Waals surface area contributed by atoms with Crippen molar-refractivity contribution in [1.82, 2.24) is 4.98 Å². The maximum atomic E-state index is 11.5. The zero-order valence-corrected chi connectivity index (χ0v) is 13.4. The number of nitrogens with zero attached hydrogens (tertiary/aromatic N) is 1. The van der Waals surface area contributed by atoms with E-state index in [4.69, 9.17) is 4.74 Å². The molecule has 0 atom stereocenters. The normalized spacial score (nSPS) is 10.4. The van der Waals surface area contributed by atoms with Crippen LogP contribution in [0.4, 0.5) is 5.69 Å². The summed E-state index contributed by atoms with van der Waals surface area (Å²) in [5.74, 6) is 0.559. The first kappa shape index (κ1) is 15.7. The number of methoxy groups -OCH3 is 1. The highest BCUT2D eigenvalue weighted by Gasteiger charge is 2.09. The number of rotatable bonds is 4. The minimum Gasteiger partial charge on any atom is -0.497 e. The van der Waals surface area contributed by atoms with Gasteiger partial charge in [-0.1, -0.05) is 12.1 Å². The van der Waals surface area contributed by atoms with Gasteiger partial charge in [-0.3, -0.25) is 9.59 Å². The third kappa shape index (κ3) is 3.10. The van der Waals surface area contributed by atoms with E-state index in [0.717, 1.165) is 22.8 Å². The van der Waals surface area contributed by atoms with Gasteiger partial charge in [-0.2, -0.15) is 0 Å². The average molecular weight is 320 g/mol. The van der Waals surface area contributed by atoms with Gasteiger partial charge in [0, 0.05) is 29.1 Å². The van der Waals surface area contributed by atoms with Crippen molar-refractivity contribution in [3.8, 4) is 17.0 Å². The number of anilines is 1. The molecule has 5 heteroatoms. The Hall–Kier alpha value is -3.21. The van der Waals surface area contributed by atoms with Crippen LogP contribution in [-0.2, 0) is 4.79 Å². The molecule has 0 fully saturated rings. The second-order valence-electron chi connectivity index (χ2n) is 5.36. The molecule has 0 radical (unpaired) electrons. The zero-order chi connectivity index (χ0) is 17.1. The van der Waals surface area contributed by atoms with E-state index in [-0.39, 0.29) is 5.91 Å². The number of aromatic nitrogens is 1. The first-order valence-electron chi connectivity index (χ1n) is 7.42. The quantitative estimate of drug-likeness (QED) is 0.745. The number of nitrogens with one attached hydrogen (secondary N) is 1. The van der Waals surface area contributed by atoms with Crippen LogP contribution in [0.5, 0.6) is 5.75 Å². The second-order valence-corrected chi connectivity index (χ2v) is 5.36. The van der Waals surface area contributed by atoms with Gasteiger partial charge < -0.3 is 10.1 Å². The number of pyridine rings is 1. The van der Waals surface area contributed by atoms with Crippen LogP contribution in [0.3, 0.4) is 0 Å². The summed E-state index contributed by atoms with van der Waals surface area (Å²) in [6, 6.07) is 14.5. The Labute approximate surface area is 139 Å². The van der Waals surface area contributed by atoms with Crippen molar-refractivity contribution in [2.24, 2.45) is 0 Å². The van der Waals surface area contributed by atoms with Crippen LogP contribution >= 0.6 is 0 Å². The number of ether oxygens (including phenoxy) is 1. The van der Waals surface area contributed by atoms with E-state index in [1.165, 1.54) is 6.92 Å². The molecule has 3 aromatic rings. The van der Waals surface area contributed by atoms with Gasteiger partial charge in [-0.05, 0) is 36.4 Å². The number of benzene rings is 2. The van der Waals surface area contributed by atoms with Gasteiger partial charge in [0.2, 0.25) is 5.91 Å². The molecule has 0 saturated heterocycles. The molecule has 120 valence electrons. The molecule has 0 bridgehead atoms. The lowest BCUT2D eigenvalue weighted by Gasteiger charge is -2.09. The van der Waals surface area contributed by atoms with E-state index in [1.807, 2.05) is 24.3 Å². The molecule has 2 aromatic carbocycles. The Kier molecular flexibility index (Phi) is 4.24. The highest BCUT2D eigenvalue weighted by atomic mass is 16.5. The van der Waals surface area contributed by atoms with Gasteiger partial charge in [0.15, 0.2) is 6.29 Å². The summed E-state index contributed by atoms with van der Waals surface area (Å²) < 4.78 is 5.20. The van der Waals surface area contributed by atoms with E-state index in [0.29, 0.717) is 22.7 Å². The number of aldehydes is 1. The van der Waals surface area contributed by atoms with Crippen LogP contribution in [0.15, 0.2) is 48.5 Å². The van der Waals surface area contributed by atoms with Gasteiger partial charge in [0.05, 0.1) is 18.3 Å². The molecule has 1 N–H and O–H groups in total. The summed E-state index contributed by atoms with van der Waals surface area (Å²) in [5.41, 5.74) is 3.56. The van der Waals surface area contributed by atoms with Gasteiger partial charge in [-0.15, -0.1) is 0 Å². The van der Waals surface area contributed by atoms with E-state index in [1.54, 1.807) is 31.4 Å². The lowest BCUT2D eigenvalue weighted by Crippen LogP contribution is -2.05. The highest BCUT2D eigenvalue weighted by Crippen LogP contribution is 2.27. The molecule has 1 heterocycles. The van der Waals surface area contributed by atoms with E-state index in [9.17, 15) is 9.59 Å². The minimum atomic E-state index is -0.122. The van der Waals surface area contributed by atoms with Crippen molar-refractivity contribution in [3.05, 3.63) is 54.1 Å². The minimum absolute atomic E-state index is 0.122. The zero-order valence-electron chi connectivity index (χ0n) is 13.4. The van der Waals surface area contributed by atoms with Gasteiger partial charge in [0.1, 0.15) is 5.75 Å². The Balaban J connectivity index is 2.06. The third-order valence-electron chi connectivity index (χ3n) is 3.68. The fourth-order valence-electron chi connectivity index (χ4n) is 2.53. The third-order valence-corrected chi connectivity index (χ3v) is 3.68. The molecule has 1 aromatic heterocycles. The van der Waals surface area contributed by atoms with Gasteiger partial charge in [0.25, 0.3) is 0 Å². The molecular weight excluding hydrogens is 304 g/mol. The molecule has 24 heavy (non-hydrogen) atoms. The largest absolute Gasteiger partial charge is 0.497 e. The van der Waals surface area contributed by atoms with Crippen molar-refractivity contribution in [3.63, 3.8) is 0 Å². The van der Waals surface area contributed by atoms with Crippen LogP contribution < -0.4 is 10.1 Å². The standard InChI is InChI=1S/C19H16N2O3/c1-12(23)20-15-5-3-13(4-6-15)19-9-14(11-22)17-10-16(24-2)7-8-18(17)21-19/h3-11H,1-2H3,(H,20,23). The number of hydrogen-bond acceptors (Lipinski definition) is 4. The lowest BCUT2D eigenvalue weighted by molar-refractivity contribution is -0.114. The molecule has 0 aliphatic heterocycles. The number of carbonyl (C=O) groups is 2. The maximum Gasteiger partial charge on any atom is 0.221 e. The van der Waals surface area contributed by atoms with Crippen LogP contribution in [0.25, 0.3) is 22.2 Å². The Bertz CT molecular complexity index is 918. The van der Waals surface area contributed by atoms with Crippen LogP contribution in [0.1, 0.15) is 17.3 Å². The van der Waals surface area contributed by atoms with Gasteiger partial charge >= 0.3 is 0 Å². The van der Waals surface area contributed by atoms with Crippen molar-refractivity contribution < 1.29 is 14.3 Å². The van der Waals surface area contributed by atoms with Crippen molar-refractivity contribution in [2.75, 3.05) is 12.4 Å². The van der Waals surface area contributed by atoms with E-state index < -0.39 is 0 Å². The molecule has 0 aliphatic rings. The summed E-state index contributed by atoms with van der Waals surface area (Å²) in [6.45, 7) is 1.46. The average Bonchev–Trinajstić information content (AvgIpc) is 2.60. The Morgan fingerprint density at radius 3 is 2.50 bits per heavy atom. The molecular formula is C19H16N2O3. The molecule has 0 aliphatic carbocycles. The van der Waals surface area contributed by atoms with Crippen LogP contribution in [0.2, 0.25) is 0 Å².